The van der Waals surface area contributed by atoms with Crippen molar-refractivity contribution in [3.05, 3.63) is 29.3 Å². The molecule has 4 rings (SSSR count). The van der Waals surface area contributed by atoms with E-state index in [0.29, 0.717) is 37.4 Å². The predicted molar refractivity (Wildman–Crippen MR) is 119 cm³/mol. The summed E-state index contributed by atoms with van der Waals surface area (Å²) in [5, 5.41) is 3.05. The van der Waals surface area contributed by atoms with Crippen LogP contribution in [0.15, 0.2) is 23.1 Å². The number of hydrogen-bond donors (Lipinski definition) is 1. The molecule has 1 N–H and O–H groups in total. The first-order valence-corrected chi connectivity index (χ1v) is 13.0. The number of rotatable bonds is 6. The van der Waals surface area contributed by atoms with E-state index in [4.69, 9.17) is 4.74 Å². The van der Waals surface area contributed by atoms with E-state index < -0.39 is 10.0 Å². The van der Waals surface area contributed by atoms with E-state index >= 15 is 0 Å². The van der Waals surface area contributed by atoms with Crippen LogP contribution in [0.2, 0.25) is 0 Å². The van der Waals surface area contributed by atoms with Gasteiger partial charge in [0.1, 0.15) is 0 Å². The van der Waals surface area contributed by atoms with Crippen molar-refractivity contribution < 1.29 is 17.9 Å². The van der Waals surface area contributed by atoms with Crippen LogP contribution in [0.5, 0.6) is 0 Å². The van der Waals surface area contributed by atoms with Gasteiger partial charge in [0.05, 0.1) is 17.1 Å². The number of fused-ring (bicyclic) bond motifs is 1. The molecule has 1 amide bonds. The Morgan fingerprint density at radius 2 is 1.77 bits per heavy atom. The number of benzene rings is 1. The van der Waals surface area contributed by atoms with E-state index in [1.807, 2.05) is 12.1 Å². The highest BCUT2D eigenvalue weighted by molar-refractivity contribution is 7.89. The van der Waals surface area contributed by atoms with Crippen molar-refractivity contribution in [2.24, 2.45) is 5.92 Å². The molecule has 31 heavy (non-hydrogen) atoms. The van der Waals surface area contributed by atoms with Gasteiger partial charge in [0.15, 0.2) is 0 Å². The van der Waals surface area contributed by atoms with Crippen LogP contribution in [0, 0.1) is 5.92 Å². The Labute approximate surface area is 186 Å². The molecule has 2 aliphatic heterocycles. The maximum atomic E-state index is 13.1. The molecule has 0 bridgehead atoms. The summed E-state index contributed by atoms with van der Waals surface area (Å²) in [6, 6.07) is 5.56. The molecule has 0 saturated carbocycles. The second-order valence-corrected chi connectivity index (χ2v) is 11.2. The van der Waals surface area contributed by atoms with E-state index in [1.165, 1.54) is 11.1 Å². The number of nitrogens with zero attached hydrogens (tertiary/aromatic N) is 2. The topological polar surface area (TPSA) is 79.0 Å². The molecular formula is C23H35N3O4S. The largest absolute Gasteiger partial charge is 0.373 e. The average molecular weight is 450 g/mol. The van der Waals surface area contributed by atoms with Gasteiger partial charge in [-0.05, 0) is 69.2 Å². The number of amides is 1. The van der Waals surface area contributed by atoms with E-state index in [1.54, 1.807) is 10.4 Å². The fraction of sp³-hybridized carbons (Fsp3) is 0.696. The molecule has 2 saturated heterocycles. The van der Waals surface area contributed by atoms with Crippen molar-refractivity contribution in [1.29, 1.82) is 0 Å². The van der Waals surface area contributed by atoms with Gasteiger partial charge in [-0.1, -0.05) is 6.07 Å². The number of sulfonamides is 1. The van der Waals surface area contributed by atoms with E-state index in [2.05, 4.69) is 24.1 Å². The lowest BCUT2D eigenvalue weighted by Crippen LogP contribution is -2.48. The number of hydrogen-bond acceptors (Lipinski definition) is 5. The quantitative estimate of drug-likeness (QED) is 0.717. The number of aryl methyl sites for hydroxylation is 2. The minimum atomic E-state index is -3.49. The standard InChI is InChI=1S/C23H35N3O4S/c1-17-15-25(16-18(2)30-17)13-10-24-23(27)20-8-11-26(12-9-20)31(28,29)22-7-6-19-4-3-5-21(19)14-22/h6-7,14,17-18,20H,3-5,8-13,15-16H2,1-2H3,(H,24,27). The molecule has 1 aromatic rings. The molecule has 0 aromatic heterocycles. The SMILES string of the molecule is CC1CN(CCNC(=O)C2CCN(S(=O)(=O)c3ccc4c(c3)CCC4)CC2)CC(C)O1. The number of morpholine rings is 1. The van der Waals surface area contributed by atoms with Crippen LogP contribution in [0.1, 0.15) is 44.2 Å². The fourth-order valence-corrected chi connectivity index (χ4v) is 6.69. The molecule has 8 heteroatoms. The predicted octanol–water partition coefficient (Wildman–Crippen LogP) is 1.80. The third-order valence-electron chi connectivity index (χ3n) is 6.75. The molecule has 2 atom stereocenters. The highest BCUT2D eigenvalue weighted by Crippen LogP contribution is 2.28. The van der Waals surface area contributed by atoms with Gasteiger partial charge in [-0.2, -0.15) is 4.31 Å². The summed E-state index contributed by atoms with van der Waals surface area (Å²) in [4.78, 5) is 15.3. The van der Waals surface area contributed by atoms with Crippen molar-refractivity contribution in [3.63, 3.8) is 0 Å². The van der Waals surface area contributed by atoms with Crippen molar-refractivity contribution in [3.8, 4) is 0 Å². The van der Waals surface area contributed by atoms with Gasteiger partial charge in [-0.3, -0.25) is 9.69 Å². The summed E-state index contributed by atoms with van der Waals surface area (Å²) >= 11 is 0. The average Bonchev–Trinajstić information content (AvgIpc) is 3.21. The lowest BCUT2D eigenvalue weighted by Gasteiger charge is -2.35. The number of nitrogens with one attached hydrogen (secondary N) is 1. The van der Waals surface area contributed by atoms with Crippen LogP contribution in [0.4, 0.5) is 0 Å². The number of carbonyl (C=O) groups excluding carboxylic acids is 1. The van der Waals surface area contributed by atoms with Crippen LogP contribution < -0.4 is 5.32 Å². The van der Waals surface area contributed by atoms with Crippen molar-refractivity contribution in [2.75, 3.05) is 39.3 Å². The maximum absolute atomic E-state index is 13.1. The summed E-state index contributed by atoms with van der Waals surface area (Å²) in [5.74, 6) is -0.0713. The fourth-order valence-electron chi connectivity index (χ4n) is 5.16. The number of ether oxygens (including phenoxy) is 1. The summed E-state index contributed by atoms with van der Waals surface area (Å²) in [6.45, 7) is 8.16. The van der Waals surface area contributed by atoms with Gasteiger partial charge >= 0.3 is 0 Å². The Hall–Kier alpha value is -1.48. The number of carbonyl (C=O) groups is 1. The van der Waals surface area contributed by atoms with E-state index in [0.717, 1.165) is 38.9 Å². The molecule has 2 unspecified atom stereocenters. The van der Waals surface area contributed by atoms with Crippen molar-refractivity contribution in [2.45, 2.75) is 63.1 Å². The Kier molecular flexibility index (Phi) is 7.01. The zero-order valence-corrected chi connectivity index (χ0v) is 19.5. The van der Waals surface area contributed by atoms with Gasteiger partial charge in [-0.15, -0.1) is 0 Å². The molecule has 2 heterocycles. The Morgan fingerprint density at radius 1 is 1.10 bits per heavy atom. The number of piperidine rings is 1. The van der Waals surface area contributed by atoms with Crippen LogP contribution >= 0.6 is 0 Å². The summed E-state index contributed by atoms with van der Waals surface area (Å²) < 4.78 is 33.4. The lowest BCUT2D eigenvalue weighted by atomic mass is 9.97. The normalized spacial score (nSPS) is 26.0. The molecule has 0 spiro atoms. The first kappa shape index (κ1) is 22.7. The third kappa shape index (κ3) is 5.30. The molecule has 2 fully saturated rings. The summed E-state index contributed by atoms with van der Waals surface area (Å²) in [6.07, 6.45) is 4.68. The van der Waals surface area contributed by atoms with Crippen LogP contribution in [0.3, 0.4) is 0 Å². The molecule has 0 radical (unpaired) electrons. The summed E-state index contributed by atoms with van der Waals surface area (Å²) in [5.41, 5.74) is 2.44. The molecule has 1 aliphatic carbocycles. The first-order chi connectivity index (χ1) is 14.8. The third-order valence-corrected chi connectivity index (χ3v) is 8.65. The minimum Gasteiger partial charge on any atom is -0.373 e. The molecule has 3 aliphatic rings. The smallest absolute Gasteiger partial charge is 0.243 e. The Balaban J connectivity index is 1.25. The zero-order valence-electron chi connectivity index (χ0n) is 18.7. The first-order valence-electron chi connectivity index (χ1n) is 11.6. The van der Waals surface area contributed by atoms with Gasteiger partial charge in [0.25, 0.3) is 0 Å². The molecule has 172 valence electrons. The maximum Gasteiger partial charge on any atom is 0.243 e. The van der Waals surface area contributed by atoms with Crippen LogP contribution in [0.25, 0.3) is 0 Å². The summed E-state index contributed by atoms with van der Waals surface area (Å²) in [7, 11) is -3.49. The Bertz CT molecular complexity index is 886. The van der Waals surface area contributed by atoms with E-state index in [9.17, 15) is 13.2 Å². The van der Waals surface area contributed by atoms with Gasteiger partial charge in [0, 0.05) is 45.2 Å². The molecule has 1 aromatic carbocycles. The Morgan fingerprint density at radius 3 is 2.48 bits per heavy atom. The van der Waals surface area contributed by atoms with Crippen LogP contribution in [-0.4, -0.2) is 75.0 Å². The molecule has 7 nitrogen and oxygen atoms in total. The van der Waals surface area contributed by atoms with Gasteiger partial charge in [0.2, 0.25) is 15.9 Å². The van der Waals surface area contributed by atoms with E-state index in [-0.39, 0.29) is 24.0 Å². The lowest BCUT2D eigenvalue weighted by molar-refractivity contribution is -0.126. The monoisotopic (exact) mass is 449 g/mol. The van der Waals surface area contributed by atoms with Gasteiger partial charge in [-0.25, -0.2) is 8.42 Å². The zero-order chi connectivity index (χ0) is 22.0. The van der Waals surface area contributed by atoms with Crippen LogP contribution in [-0.2, 0) is 32.4 Å². The highest BCUT2D eigenvalue weighted by atomic mass is 32.2. The second kappa shape index (κ2) is 9.57. The second-order valence-electron chi connectivity index (χ2n) is 9.27. The van der Waals surface area contributed by atoms with Crippen molar-refractivity contribution >= 4 is 15.9 Å². The van der Waals surface area contributed by atoms with Gasteiger partial charge < -0.3 is 10.1 Å². The highest BCUT2D eigenvalue weighted by Gasteiger charge is 2.32. The van der Waals surface area contributed by atoms with Crippen molar-refractivity contribution in [1.82, 2.24) is 14.5 Å². The minimum absolute atomic E-state index is 0.0453. The molecular weight excluding hydrogens is 414 g/mol.